The zero-order valence-corrected chi connectivity index (χ0v) is 16.3. The number of rotatable bonds is 8. The van der Waals surface area contributed by atoms with Crippen LogP contribution in [0, 0.1) is 0 Å². The minimum atomic E-state index is -4.26. The number of aromatic nitrogens is 3. The standard InChI is InChI=1S/C16H14ClF3N4O4S/c1-27-15-10(28-5-4-18)6-22-16(23-15)24-29(25,26)11-7-21-13-8(11)2-3-9(17)12(13)14(19)20/h2-3,6-7,14,21H,4-5H2,1H3,(H,22,23,24). The summed E-state index contributed by atoms with van der Waals surface area (Å²) in [7, 11) is -3.00. The first-order chi connectivity index (χ1) is 13.8. The minimum absolute atomic E-state index is 0.0204. The Hall–Kier alpha value is -2.73. The lowest BCUT2D eigenvalue weighted by molar-refractivity contribution is 0.153. The van der Waals surface area contributed by atoms with Gasteiger partial charge in [-0.25, -0.2) is 31.3 Å². The quantitative estimate of drug-likeness (QED) is 0.542. The van der Waals surface area contributed by atoms with E-state index < -0.39 is 28.7 Å². The highest BCUT2D eigenvalue weighted by atomic mass is 35.5. The Kier molecular flexibility index (Phi) is 6.03. The van der Waals surface area contributed by atoms with Gasteiger partial charge in [0, 0.05) is 11.6 Å². The van der Waals surface area contributed by atoms with Crippen LogP contribution in [0.3, 0.4) is 0 Å². The van der Waals surface area contributed by atoms with E-state index in [4.69, 9.17) is 21.1 Å². The molecule has 0 aliphatic carbocycles. The van der Waals surface area contributed by atoms with Crippen molar-refractivity contribution in [3.8, 4) is 11.6 Å². The number of sulfonamides is 1. The molecule has 0 unspecified atom stereocenters. The molecule has 2 aromatic heterocycles. The topological polar surface area (TPSA) is 106 Å². The summed E-state index contributed by atoms with van der Waals surface area (Å²) in [5.74, 6) is -0.444. The van der Waals surface area contributed by atoms with Gasteiger partial charge in [-0.15, -0.1) is 0 Å². The van der Waals surface area contributed by atoms with Crippen LogP contribution >= 0.6 is 11.6 Å². The SMILES string of the molecule is COc1nc(NS(=O)(=O)c2c[nH]c3c(C(F)F)c(Cl)ccc23)ncc1OCCF. The van der Waals surface area contributed by atoms with Crippen molar-refractivity contribution in [1.82, 2.24) is 15.0 Å². The molecule has 0 saturated heterocycles. The number of nitrogens with zero attached hydrogens (tertiary/aromatic N) is 2. The monoisotopic (exact) mass is 450 g/mol. The van der Waals surface area contributed by atoms with Gasteiger partial charge in [-0.05, 0) is 12.1 Å². The predicted octanol–water partition coefficient (Wildman–Crippen LogP) is 3.71. The molecule has 0 aliphatic rings. The minimum Gasteiger partial charge on any atom is -0.484 e. The van der Waals surface area contributed by atoms with E-state index in [-0.39, 0.29) is 45.0 Å². The van der Waals surface area contributed by atoms with E-state index in [9.17, 15) is 21.6 Å². The van der Waals surface area contributed by atoms with E-state index in [1.165, 1.54) is 19.2 Å². The van der Waals surface area contributed by atoms with E-state index in [1.807, 2.05) is 0 Å². The molecule has 1 aromatic carbocycles. The van der Waals surface area contributed by atoms with E-state index in [2.05, 4.69) is 19.7 Å². The van der Waals surface area contributed by atoms with Gasteiger partial charge in [0.25, 0.3) is 22.3 Å². The molecule has 3 rings (SSSR count). The van der Waals surface area contributed by atoms with Crippen molar-refractivity contribution in [3.63, 3.8) is 0 Å². The predicted molar refractivity (Wildman–Crippen MR) is 99.1 cm³/mol. The smallest absolute Gasteiger partial charge is 0.267 e. The normalized spacial score (nSPS) is 11.8. The molecule has 0 radical (unpaired) electrons. The molecular formula is C16H14ClF3N4O4S. The first-order valence-corrected chi connectivity index (χ1v) is 9.84. The van der Waals surface area contributed by atoms with Crippen molar-refractivity contribution < 1.29 is 31.1 Å². The van der Waals surface area contributed by atoms with Gasteiger partial charge in [-0.1, -0.05) is 11.6 Å². The molecule has 8 nitrogen and oxygen atoms in total. The first kappa shape index (κ1) is 21.0. The highest BCUT2D eigenvalue weighted by Crippen LogP contribution is 2.36. The number of H-pyrrole nitrogens is 1. The van der Waals surface area contributed by atoms with Gasteiger partial charge in [-0.2, -0.15) is 4.98 Å². The van der Waals surface area contributed by atoms with Crippen molar-refractivity contribution in [2.75, 3.05) is 25.1 Å². The van der Waals surface area contributed by atoms with Crippen LogP contribution < -0.4 is 14.2 Å². The van der Waals surface area contributed by atoms with Gasteiger partial charge in [0.1, 0.15) is 18.2 Å². The van der Waals surface area contributed by atoms with Crippen molar-refractivity contribution in [2.24, 2.45) is 0 Å². The number of anilines is 1. The van der Waals surface area contributed by atoms with E-state index in [0.717, 1.165) is 12.4 Å². The second-order valence-electron chi connectivity index (χ2n) is 5.55. The van der Waals surface area contributed by atoms with Crippen LogP contribution in [0.4, 0.5) is 19.1 Å². The van der Waals surface area contributed by atoms with Gasteiger partial charge in [0.05, 0.1) is 29.4 Å². The third kappa shape index (κ3) is 4.17. The second kappa shape index (κ2) is 8.33. The summed E-state index contributed by atoms with van der Waals surface area (Å²) < 4.78 is 76.5. The van der Waals surface area contributed by atoms with Gasteiger partial charge in [0.2, 0.25) is 5.95 Å². The van der Waals surface area contributed by atoms with Gasteiger partial charge >= 0.3 is 0 Å². The zero-order valence-electron chi connectivity index (χ0n) is 14.7. The molecule has 0 aliphatic heterocycles. The van der Waals surface area contributed by atoms with Gasteiger partial charge in [-0.3, -0.25) is 0 Å². The first-order valence-electron chi connectivity index (χ1n) is 7.98. The Morgan fingerprint density at radius 1 is 1.34 bits per heavy atom. The number of alkyl halides is 3. The summed E-state index contributed by atoms with van der Waals surface area (Å²) in [6.45, 7) is -1.00. The highest BCUT2D eigenvalue weighted by Gasteiger charge is 2.25. The number of fused-ring (bicyclic) bond motifs is 1. The molecule has 3 aromatic rings. The molecule has 13 heteroatoms. The molecule has 2 heterocycles. The number of hydrogen-bond acceptors (Lipinski definition) is 6. The Bertz CT molecular complexity index is 1140. The fourth-order valence-corrected chi connectivity index (χ4v) is 3.94. The fourth-order valence-electron chi connectivity index (χ4n) is 2.58. The molecule has 0 amide bonds. The van der Waals surface area contributed by atoms with Crippen LogP contribution in [0.5, 0.6) is 11.6 Å². The van der Waals surface area contributed by atoms with Crippen molar-refractivity contribution >= 4 is 38.5 Å². The molecule has 0 bridgehead atoms. The summed E-state index contributed by atoms with van der Waals surface area (Å²) in [5, 5.41) is -0.171. The molecule has 2 N–H and O–H groups in total. The average molecular weight is 451 g/mol. The molecule has 29 heavy (non-hydrogen) atoms. The largest absolute Gasteiger partial charge is 0.484 e. The maximum absolute atomic E-state index is 13.3. The van der Waals surface area contributed by atoms with Crippen molar-refractivity contribution in [3.05, 3.63) is 35.1 Å². The van der Waals surface area contributed by atoms with E-state index in [0.29, 0.717) is 0 Å². The third-order valence-electron chi connectivity index (χ3n) is 3.79. The van der Waals surface area contributed by atoms with Crippen LogP contribution in [-0.2, 0) is 10.0 Å². The lowest BCUT2D eigenvalue weighted by Gasteiger charge is -2.11. The summed E-state index contributed by atoms with van der Waals surface area (Å²) in [6.07, 6.45) is -0.730. The third-order valence-corrected chi connectivity index (χ3v) is 5.49. The number of ether oxygens (including phenoxy) is 2. The number of methoxy groups -OCH3 is 1. The summed E-state index contributed by atoms with van der Waals surface area (Å²) >= 11 is 5.80. The Balaban J connectivity index is 1.97. The number of halogens is 4. The number of nitrogens with one attached hydrogen (secondary N) is 2. The highest BCUT2D eigenvalue weighted by molar-refractivity contribution is 7.93. The Morgan fingerprint density at radius 2 is 2.10 bits per heavy atom. The van der Waals surface area contributed by atoms with Gasteiger partial charge < -0.3 is 14.5 Å². The van der Waals surface area contributed by atoms with E-state index in [1.54, 1.807) is 0 Å². The number of aromatic amines is 1. The fraction of sp³-hybridized carbons (Fsp3) is 0.250. The van der Waals surface area contributed by atoms with Crippen LogP contribution in [-0.4, -0.2) is 43.8 Å². The number of benzene rings is 1. The molecule has 0 saturated carbocycles. The average Bonchev–Trinajstić information content (AvgIpc) is 3.10. The number of hydrogen-bond donors (Lipinski definition) is 2. The van der Waals surface area contributed by atoms with Crippen LogP contribution in [0.25, 0.3) is 10.9 Å². The lowest BCUT2D eigenvalue weighted by Crippen LogP contribution is -2.15. The Morgan fingerprint density at radius 3 is 2.76 bits per heavy atom. The Labute approximate surface area is 168 Å². The zero-order chi connectivity index (χ0) is 21.2. The summed E-state index contributed by atoms with van der Waals surface area (Å²) in [4.78, 5) is 9.87. The lowest BCUT2D eigenvalue weighted by atomic mass is 10.1. The maximum atomic E-state index is 13.3. The van der Waals surface area contributed by atoms with Crippen LogP contribution in [0.1, 0.15) is 12.0 Å². The second-order valence-corrected chi connectivity index (χ2v) is 7.61. The van der Waals surface area contributed by atoms with Crippen LogP contribution in [0.15, 0.2) is 29.4 Å². The van der Waals surface area contributed by atoms with Gasteiger partial charge in [0.15, 0.2) is 5.75 Å². The molecule has 0 spiro atoms. The summed E-state index contributed by atoms with van der Waals surface area (Å²) in [5.41, 5.74) is -0.598. The molecule has 0 atom stereocenters. The molecule has 0 fully saturated rings. The van der Waals surface area contributed by atoms with E-state index >= 15 is 0 Å². The maximum Gasteiger partial charge on any atom is 0.267 e. The molecular weight excluding hydrogens is 437 g/mol. The van der Waals surface area contributed by atoms with Crippen molar-refractivity contribution in [2.45, 2.75) is 11.3 Å². The molecule has 156 valence electrons. The van der Waals surface area contributed by atoms with Crippen molar-refractivity contribution in [1.29, 1.82) is 0 Å². The summed E-state index contributed by atoms with van der Waals surface area (Å²) in [6, 6.07) is 2.50. The van der Waals surface area contributed by atoms with Crippen LogP contribution in [0.2, 0.25) is 5.02 Å².